The molecule has 0 aliphatic carbocycles. The van der Waals surface area contributed by atoms with Gasteiger partial charge in [-0.15, -0.1) is 0 Å². The molecule has 5 heteroatoms. The quantitative estimate of drug-likeness (QED) is 0.814. The molecule has 4 nitrogen and oxygen atoms in total. The Morgan fingerprint density at radius 2 is 2.09 bits per heavy atom. The predicted octanol–water partition coefficient (Wildman–Crippen LogP) is 4.25. The van der Waals surface area contributed by atoms with Gasteiger partial charge in [-0.05, 0) is 17.7 Å². The van der Waals surface area contributed by atoms with E-state index in [2.05, 4.69) is 15.3 Å². The first-order valence-electron chi connectivity index (χ1n) is 7.18. The SMILES string of the molecule is CC(C)(C)C(=O)c1c[nH]c2c1NC(c1cccc(F)c1)C=N2. The van der Waals surface area contributed by atoms with Gasteiger partial charge in [0.25, 0.3) is 0 Å². The van der Waals surface area contributed by atoms with Gasteiger partial charge in [-0.25, -0.2) is 9.38 Å². The molecule has 114 valence electrons. The fourth-order valence-electron chi connectivity index (χ4n) is 2.45. The van der Waals surface area contributed by atoms with Crippen molar-refractivity contribution in [3.8, 4) is 0 Å². The molecule has 0 fully saturated rings. The number of aromatic amines is 1. The number of benzene rings is 1. The predicted molar refractivity (Wildman–Crippen MR) is 85.5 cm³/mol. The second-order valence-corrected chi connectivity index (χ2v) is 6.46. The number of Topliss-reactive ketones (excluding diaryl/α,β-unsaturated/α-hetero) is 1. The second kappa shape index (κ2) is 5.09. The molecule has 0 saturated heterocycles. The summed E-state index contributed by atoms with van der Waals surface area (Å²) in [7, 11) is 0. The van der Waals surface area contributed by atoms with Gasteiger partial charge in [0.05, 0.1) is 17.3 Å². The minimum absolute atomic E-state index is 0.0348. The van der Waals surface area contributed by atoms with Gasteiger partial charge in [-0.3, -0.25) is 4.79 Å². The summed E-state index contributed by atoms with van der Waals surface area (Å²) in [6, 6.07) is 6.10. The molecule has 1 unspecified atom stereocenters. The van der Waals surface area contributed by atoms with Crippen molar-refractivity contribution in [3.05, 3.63) is 47.4 Å². The highest BCUT2D eigenvalue weighted by Crippen LogP contribution is 2.37. The van der Waals surface area contributed by atoms with Crippen LogP contribution in [0.2, 0.25) is 0 Å². The maximum atomic E-state index is 13.4. The van der Waals surface area contributed by atoms with E-state index in [0.717, 1.165) is 5.56 Å². The third-order valence-electron chi connectivity index (χ3n) is 3.65. The number of fused-ring (bicyclic) bond motifs is 1. The van der Waals surface area contributed by atoms with E-state index in [1.54, 1.807) is 18.5 Å². The summed E-state index contributed by atoms with van der Waals surface area (Å²) in [5.41, 5.74) is 1.55. The molecule has 22 heavy (non-hydrogen) atoms. The Balaban J connectivity index is 1.95. The molecule has 2 aromatic rings. The summed E-state index contributed by atoms with van der Waals surface area (Å²) < 4.78 is 13.4. The molecule has 1 aliphatic heterocycles. The van der Waals surface area contributed by atoms with Crippen LogP contribution in [0.3, 0.4) is 0 Å². The fourth-order valence-corrected chi connectivity index (χ4v) is 2.45. The summed E-state index contributed by atoms with van der Waals surface area (Å²) in [5, 5.41) is 3.27. The maximum absolute atomic E-state index is 13.4. The molecular weight excluding hydrogens is 281 g/mol. The number of H-pyrrole nitrogens is 1. The van der Waals surface area contributed by atoms with E-state index >= 15 is 0 Å². The van der Waals surface area contributed by atoms with Crippen LogP contribution in [-0.2, 0) is 0 Å². The molecular formula is C17H18FN3O. The zero-order chi connectivity index (χ0) is 15.9. The zero-order valence-corrected chi connectivity index (χ0v) is 12.8. The Hall–Kier alpha value is -2.43. The molecule has 0 amide bonds. The normalized spacial score (nSPS) is 17.0. The topological polar surface area (TPSA) is 57.2 Å². The number of carbonyl (C=O) groups is 1. The van der Waals surface area contributed by atoms with Gasteiger partial charge >= 0.3 is 0 Å². The second-order valence-electron chi connectivity index (χ2n) is 6.46. The number of nitrogens with one attached hydrogen (secondary N) is 2. The molecule has 1 aliphatic rings. The number of rotatable bonds is 2. The van der Waals surface area contributed by atoms with Gasteiger partial charge in [0.1, 0.15) is 5.82 Å². The lowest BCUT2D eigenvalue weighted by atomic mass is 9.87. The minimum atomic E-state index is -0.479. The summed E-state index contributed by atoms with van der Waals surface area (Å²) in [6.45, 7) is 5.64. The smallest absolute Gasteiger partial charge is 0.171 e. The molecule has 1 atom stereocenters. The van der Waals surface area contributed by atoms with Crippen molar-refractivity contribution in [2.75, 3.05) is 5.32 Å². The third-order valence-corrected chi connectivity index (χ3v) is 3.65. The van der Waals surface area contributed by atoms with Crippen LogP contribution in [-0.4, -0.2) is 17.0 Å². The number of aliphatic imine (C=N–C) groups is 1. The van der Waals surface area contributed by atoms with Crippen molar-refractivity contribution in [1.82, 2.24) is 4.98 Å². The van der Waals surface area contributed by atoms with Crippen molar-refractivity contribution in [3.63, 3.8) is 0 Å². The Morgan fingerprint density at radius 1 is 1.32 bits per heavy atom. The first kappa shape index (κ1) is 14.5. The summed E-state index contributed by atoms with van der Waals surface area (Å²) in [4.78, 5) is 19.9. The Morgan fingerprint density at radius 3 is 2.77 bits per heavy atom. The molecule has 0 spiro atoms. The van der Waals surface area contributed by atoms with Crippen molar-refractivity contribution < 1.29 is 9.18 Å². The summed E-state index contributed by atoms with van der Waals surface area (Å²) in [6.07, 6.45) is 3.38. The molecule has 0 radical (unpaired) electrons. The van der Waals surface area contributed by atoms with Crippen LogP contribution in [0.25, 0.3) is 0 Å². The number of anilines is 1. The maximum Gasteiger partial charge on any atom is 0.171 e. The molecule has 1 aromatic heterocycles. The highest BCUT2D eigenvalue weighted by atomic mass is 19.1. The van der Waals surface area contributed by atoms with E-state index < -0.39 is 5.41 Å². The molecule has 0 saturated carbocycles. The van der Waals surface area contributed by atoms with Crippen LogP contribution in [0.5, 0.6) is 0 Å². The standard InChI is InChI=1S/C17H18FN3O/c1-17(2,3)15(22)12-8-19-16-14(12)21-13(9-20-16)10-5-4-6-11(18)7-10/h4-9,13,19,21H,1-3H3. The lowest BCUT2D eigenvalue weighted by molar-refractivity contribution is 0.0859. The van der Waals surface area contributed by atoms with Crippen molar-refractivity contribution in [2.24, 2.45) is 10.4 Å². The fraction of sp³-hybridized carbons (Fsp3) is 0.294. The lowest BCUT2D eigenvalue weighted by Crippen LogP contribution is -2.22. The number of halogens is 1. The number of ketones is 1. The van der Waals surface area contributed by atoms with Crippen LogP contribution < -0.4 is 5.32 Å². The van der Waals surface area contributed by atoms with E-state index in [-0.39, 0.29) is 17.6 Å². The van der Waals surface area contributed by atoms with E-state index in [1.165, 1.54) is 12.1 Å². The number of hydrogen-bond acceptors (Lipinski definition) is 3. The van der Waals surface area contributed by atoms with Crippen LogP contribution in [0.15, 0.2) is 35.5 Å². The van der Waals surface area contributed by atoms with E-state index in [4.69, 9.17) is 0 Å². The highest BCUT2D eigenvalue weighted by molar-refractivity contribution is 6.07. The van der Waals surface area contributed by atoms with E-state index in [0.29, 0.717) is 17.1 Å². The number of hydrogen-bond donors (Lipinski definition) is 2. The number of aromatic nitrogens is 1. The Labute approximate surface area is 128 Å². The van der Waals surface area contributed by atoms with Gasteiger partial charge in [0.15, 0.2) is 11.6 Å². The van der Waals surface area contributed by atoms with Crippen molar-refractivity contribution >= 4 is 23.5 Å². The van der Waals surface area contributed by atoms with Gasteiger partial charge in [0, 0.05) is 17.8 Å². The van der Waals surface area contributed by atoms with Crippen LogP contribution in [0.4, 0.5) is 15.9 Å². The minimum Gasteiger partial charge on any atom is -0.370 e. The van der Waals surface area contributed by atoms with E-state index in [1.807, 2.05) is 26.8 Å². The molecule has 0 bridgehead atoms. The van der Waals surface area contributed by atoms with Gasteiger partial charge < -0.3 is 10.3 Å². The Kier molecular flexibility index (Phi) is 3.35. The average Bonchev–Trinajstić information content (AvgIpc) is 2.88. The molecule has 2 heterocycles. The first-order valence-corrected chi connectivity index (χ1v) is 7.18. The highest BCUT2D eigenvalue weighted by Gasteiger charge is 2.29. The van der Waals surface area contributed by atoms with Crippen LogP contribution in [0.1, 0.15) is 42.7 Å². The van der Waals surface area contributed by atoms with Crippen LogP contribution >= 0.6 is 0 Å². The lowest BCUT2D eigenvalue weighted by Gasteiger charge is -2.22. The van der Waals surface area contributed by atoms with Gasteiger partial charge in [0.2, 0.25) is 0 Å². The number of nitrogens with zero attached hydrogens (tertiary/aromatic N) is 1. The molecule has 3 rings (SSSR count). The average molecular weight is 299 g/mol. The number of carbonyl (C=O) groups excluding carboxylic acids is 1. The molecule has 1 aromatic carbocycles. The largest absolute Gasteiger partial charge is 0.370 e. The zero-order valence-electron chi connectivity index (χ0n) is 12.8. The molecule has 2 N–H and O–H groups in total. The van der Waals surface area contributed by atoms with Gasteiger partial charge in [-0.2, -0.15) is 0 Å². The van der Waals surface area contributed by atoms with Gasteiger partial charge in [-0.1, -0.05) is 32.9 Å². The van der Waals surface area contributed by atoms with Crippen LogP contribution in [0, 0.1) is 11.2 Å². The Bertz CT molecular complexity index is 756. The summed E-state index contributed by atoms with van der Waals surface area (Å²) >= 11 is 0. The summed E-state index contributed by atoms with van der Waals surface area (Å²) in [5.74, 6) is 0.367. The van der Waals surface area contributed by atoms with Crippen molar-refractivity contribution in [2.45, 2.75) is 26.8 Å². The monoisotopic (exact) mass is 299 g/mol. The third kappa shape index (κ3) is 2.54. The first-order chi connectivity index (χ1) is 10.4. The van der Waals surface area contributed by atoms with E-state index in [9.17, 15) is 9.18 Å². The van der Waals surface area contributed by atoms with Crippen molar-refractivity contribution in [1.29, 1.82) is 0 Å².